The lowest BCUT2D eigenvalue weighted by molar-refractivity contribution is -0.138. The Kier molecular flexibility index (Phi) is 5.82. The second-order valence-corrected chi connectivity index (χ2v) is 9.08. The highest BCUT2D eigenvalue weighted by Crippen LogP contribution is 2.36. The van der Waals surface area contributed by atoms with Gasteiger partial charge in [0.2, 0.25) is 0 Å². The minimum atomic E-state index is -0.973. The number of rotatable bonds is 9. The number of carboxylic acids is 1. The van der Waals surface area contributed by atoms with E-state index in [9.17, 15) is 4.79 Å². The van der Waals surface area contributed by atoms with E-state index in [0.29, 0.717) is 31.0 Å². The highest BCUT2D eigenvalue weighted by molar-refractivity contribution is 6.12. The van der Waals surface area contributed by atoms with Gasteiger partial charge in [-0.3, -0.25) is 9.78 Å². The van der Waals surface area contributed by atoms with E-state index >= 15 is 0 Å². The third-order valence-electron chi connectivity index (χ3n) is 6.66. The quantitative estimate of drug-likeness (QED) is 0.218. The summed E-state index contributed by atoms with van der Waals surface area (Å²) in [7, 11) is 0. The standard InChI is InChI=1S/C28H25N7O2/c29-20(28(36)37)9-3-4-12-31-27-24-19(16-6-5-7-16)14-30-15-22(24)34-25(35-27)18-11-13-32-26-23(18)17-8-1-2-10-21(17)33-26/h1-2,5-8,10-11,13-15,20H,3-4,9,12,29H2,(H,32,33)(H,36,37)(H,31,34,35)/t20-/m0/s1. The number of fused-ring (bicyclic) bond motifs is 4. The van der Waals surface area contributed by atoms with Crippen LogP contribution in [-0.4, -0.2) is 48.6 Å². The van der Waals surface area contributed by atoms with E-state index in [-0.39, 0.29) is 0 Å². The molecule has 0 radical (unpaired) electrons. The first-order valence-corrected chi connectivity index (χ1v) is 12.2. The molecule has 0 bridgehead atoms. The van der Waals surface area contributed by atoms with Crippen LogP contribution in [0, 0.1) is 0 Å². The van der Waals surface area contributed by atoms with Gasteiger partial charge in [-0.2, -0.15) is 0 Å². The van der Waals surface area contributed by atoms with Crippen LogP contribution in [-0.2, 0) is 4.79 Å². The van der Waals surface area contributed by atoms with Crippen LogP contribution in [0.1, 0.15) is 24.8 Å². The zero-order valence-corrected chi connectivity index (χ0v) is 20.0. The molecule has 9 heteroatoms. The van der Waals surface area contributed by atoms with Crippen molar-refractivity contribution in [3.8, 4) is 11.4 Å². The van der Waals surface area contributed by atoms with Gasteiger partial charge in [-0.1, -0.05) is 36.4 Å². The second kappa shape index (κ2) is 9.44. The number of H-pyrrole nitrogens is 1. The van der Waals surface area contributed by atoms with Crippen molar-refractivity contribution in [3.63, 3.8) is 0 Å². The number of aliphatic carboxylic acids is 1. The van der Waals surface area contributed by atoms with Crippen molar-refractivity contribution in [3.05, 3.63) is 72.7 Å². The summed E-state index contributed by atoms with van der Waals surface area (Å²) in [6.07, 6.45) is 13.3. The Morgan fingerprint density at radius 1 is 1.08 bits per heavy atom. The first kappa shape index (κ1) is 22.8. The first-order valence-electron chi connectivity index (χ1n) is 12.2. The first-order chi connectivity index (χ1) is 18.1. The molecule has 6 rings (SSSR count). The van der Waals surface area contributed by atoms with Crippen LogP contribution in [0.4, 0.5) is 5.82 Å². The Balaban J connectivity index is 1.42. The lowest BCUT2D eigenvalue weighted by Crippen LogP contribution is -2.29. The maximum atomic E-state index is 11.0. The Bertz CT molecular complexity index is 1720. The van der Waals surface area contributed by atoms with Gasteiger partial charge in [-0.05, 0) is 37.0 Å². The number of hydrogen-bond acceptors (Lipinski definition) is 7. The number of allylic oxidation sites excluding steroid dienone is 4. The molecule has 0 saturated carbocycles. The van der Waals surface area contributed by atoms with Gasteiger partial charge < -0.3 is 21.1 Å². The molecule has 5 N–H and O–H groups in total. The maximum Gasteiger partial charge on any atom is 0.320 e. The highest BCUT2D eigenvalue weighted by Gasteiger charge is 2.19. The van der Waals surface area contributed by atoms with Crippen molar-refractivity contribution in [1.29, 1.82) is 0 Å². The lowest BCUT2D eigenvalue weighted by atomic mass is 9.97. The number of para-hydroxylation sites is 1. The fraction of sp³-hybridized carbons (Fsp3) is 0.179. The number of anilines is 1. The Morgan fingerprint density at radius 3 is 2.76 bits per heavy atom. The number of pyridine rings is 2. The average Bonchev–Trinajstić information content (AvgIpc) is 3.26. The van der Waals surface area contributed by atoms with Gasteiger partial charge in [0.25, 0.3) is 0 Å². The number of benzene rings is 1. The molecule has 0 unspecified atom stereocenters. The van der Waals surface area contributed by atoms with Crippen LogP contribution in [0.2, 0.25) is 0 Å². The number of carbonyl (C=O) groups is 1. The molecule has 0 saturated heterocycles. The van der Waals surface area contributed by atoms with Crippen molar-refractivity contribution in [1.82, 2.24) is 24.9 Å². The van der Waals surface area contributed by atoms with Gasteiger partial charge >= 0.3 is 5.97 Å². The molecule has 0 aliphatic heterocycles. The molecule has 5 aromatic rings. The van der Waals surface area contributed by atoms with Gasteiger partial charge in [0.15, 0.2) is 5.82 Å². The molecule has 4 aromatic heterocycles. The molecular weight excluding hydrogens is 466 g/mol. The summed E-state index contributed by atoms with van der Waals surface area (Å²) in [5.41, 5.74) is 11.1. The van der Waals surface area contributed by atoms with Crippen LogP contribution < -0.4 is 11.1 Å². The van der Waals surface area contributed by atoms with E-state index in [0.717, 1.165) is 56.0 Å². The van der Waals surface area contributed by atoms with E-state index in [4.69, 9.17) is 20.8 Å². The van der Waals surface area contributed by atoms with Crippen LogP contribution >= 0.6 is 0 Å². The fourth-order valence-electron chi connectivity index (χ4n) is 4.70. The van der Waals surface area contributed by atoms with Crippen molar-refractivity contribution in [2.75, 3.05) is 11.9 Å². The van der Waals surface area contributed by atoms with Crippen molar-refractivity contribution >= 4 is 50.2 Å². The molecule has 9 nitrogen and oxygen atoms in total. The molecule has 1 aliphatic rings. The predicted molar refractivity (Wildman–Crippen MR) is 145 cm³/mol. The van der Waals surface area contributed by atoms with E-state index < -0.39 is 12.0 Å². The Morgan fingerprint density at radius 2 is 1.95 bits per heavy atom. The minimum absolute atomic E-state index is 0.426. The van der Waals surface area contributed by atoms with Gasteiger partial charge in [-0.25, -0.2) is 15.0 Å². The summed E-state index contributed by atoms with van der Waals surface area (Å²) < 4.78 is 0. The molecule has 184 valence electrons. The van der Waals surface area contributed by atoms with Gasteiger partial charge in [0.05, 0.1) is 17.1 Å². The second-order valence-electron chi connectivity index (χ2n) is 9.08. The van der Waals surface area contributed by atoms with Gasteiger partial charge in [0, 0.05) is 46.4 Å². The third kappa shape index (κ3) is 4.19. The number of hydrogen-bond donors (Lipinski definition) is 4. The fourth-order valence-corrected chi connectivity index (χ4v) is 4.70. The number of unbranched alkanes of at least 4 members (excludes halogenated alkanes) is 1. The van der Waals surface area contributed by atoms with Crippen molar-refractivity contribution < 1.29 is 9.90 Å². The smallest absolute Gasteiger partial charge is 0.320 e. The number of carboxylic acid groups (broad SMARTS) is 1. The zero-order valence-electron chi connectivity index (χ0n) is 20.0. The molecular formula is C28H25N7O2. The normalized spacial score (nSPS) is 13.6. The SMILES string of the molecule is N[C@@H](CCCCNc1nc(-c2ccnc3[nH]c4ccccc4c23)nc2cncc(C3=CC=C3)c12)C(=O)O. The van der Waals surface area contributed by atoms with Crippen molar-refractivity contribution in [2.45, 2.75) is 25.3 Å². The van der Waals surface area contributed by atoms with Crippen LogP contribution in [0.3, 0.4) is 0 Å². The summed E-state index contributed by atoms with van der Waals surface area (Å²) in [5, 5.41) is 15.4. The van der Waals surface area contributed by atoms with Gasteiger partial charge in [0.1, 0.15) is 17.5 Å². The number of nitrogens with one attached hydrogen (secondary N) is 2. The van der Waals surface area contributed by atoms with E-state index in [1.807, 2.05) is 48.7 Å². The summed E-state index contributed by atoms with van der Waals surface area (Å²) in [4.78, 5) is 33.3. The Labute approximate surface area is 212 Å². The molecule has 0 amide bonds. The molecule has 0 spiro atoms. The summed E-state index contributed by atoms with van der Waals surface area (Å²) >= 11 is 0. The lowest BCUT2D eigenvalue weighted by Gasteiger charge is -2.16. The molecule has 0 fully saturated rings. The number of nitrogens with two attached hydrogens (primary N) is 1. The third-order valence-corrected chi connectivity index (χ3v) is 6.66. The van der Waals surface area contributed by atoms with E-state index in [1.165, 1.54) is 0 Å². The largest absolute Gasteiger partial charge is 0.480 e. The van der Waals surface area contributed by atoms with Crippen molar-refractivity contribution in [2.24, 2.45) is 5.73 Å². The predicted octanol–water partition coefficient (Wildman–Crippen LogP) is 4.67. The van der Waals surface area contributed by atoms with Crippen LogP contribution in [0.25, 0.3) is 49.8 Å². The zero-order chi connectivity index (χ0) is 25.4. The van der Waals surface area contributed by atoms with Crippen LogP contribution in [0.5, 0.6) is 0 Å². The number of nitrogens with zero attached hydrogens (tertiary/aromatic N) is 4. The minimum Gasteiger partial charge on any atom is -0.480 e. The maximum absolute atomic E-state index is 11.0. The number of aromatic nitrogens is 5. The molecule has 1 atom stereocenters. The number of aromatic amines is 1. The summed E-state index contributed by atoms with van der Waals surface area (Å²) in [6, 6.07) is 9.19. The summed E-state index contributed by atoms with van der Waals surface area (Å²) in [6.45, 7) is 0.618. The molecule has 1 aromatic carbocycles. The van der Waals surface area contributed by atoms with E-state index in [1.54, 1.807) is 12.4 Å². The highest BCUT2D eigenvalue weighted by atomic mass is 16.4. The topological polar surface area (TPSA) is 143 Å². The molecule has 1 aliphatic carbocycles. The van der Waals surface area contributed by atoms with Gasteiger partial charge in [-0.15, -0.1) is 0 Å². The van der Waals surface area contributed by atoms with Crippen LogP contribution in [0.15, 0.2) is 67.2 Å². The molecule has 4 heterocycles. The summed E-state index contributed by atoms with van der Waals surface area (Å²) in [5.74, 6) is 0.322. The molecule has 37 heavy (non-hydrogen) atoms. The van der Waals surface area contributed by atoms with E-state index in [2.05, 4.69) is 26.3 Å². The average molecular weight is 492 g/mol. The Hall–Kier alpha value is -4.63. The monoisotopic (exact) mass is 491 g/mol.